The SMILES string of the molecule is CNCc1c(N(C)C)ncn1C. The molecule has 0 bridgehead atoms. The second-order valence-corrected chi connectivity index (χ2v) is 3.05. The molecule has 0 aliphatic heterocycles. The Kier molecular flexibility index (Phi) is 2.70. The van der Waals surface area contributed by atoms with E-state index in [4.69, 9.17) is 0 Å². The van der Waals surface area contributed by atoms with Crippen molar-refractivity contribution in [1.82, 2.24) is 14.9 Å². The molecule has 1 heterocycles. The van der Waals surface area contributed by atoms with Crippen LogP contribution >= 0.6 is 0 Å². The Labute approximate surface area is 73.2 Å². The predicted molar refractivity (Wildman–Crippen MR) is 50.3 cm³/mol. The number of aromatic nitrogens is 2. The zero-order chi connectivity index (χ0) is 9.14. The zero-order valence-corrected chi connectivity index (χ0v) is 8.13. The molecule has 0 fully saturated rings. The molecule has 0 atom stereocenters. The van der Waals surface area contributed by atoms with Crippen LogP contribution in [-0.2, 0) is 13.6 Å². The van der Waals surface area contributed by atoms with Crippen LogP contribution in [0.25, 0.3) is 0 Å². The molecular weight excluding hydrogens is 152 g/mol. The molecule has 0 aliphatic rings. The third-order valence-electron chi connectivity index (χ3n) is 1.80. The summed E-state index contributed by atoms with van der Waals surface area (Å²) in [5.74, 6) is 1.03. The molecule has 0 spiro atoms. The molecular formula is C8H16N4. The van der Waals surface area contributed by atoms with Crippen LogP contribution in [0, 0.1) is 0 Å². The predicted octanol–water partition coefficient (Wildman–Crippen LogP) is 0.205. The summed E-state index contributed by atoms with van der Waals surface area (Å²) in [6.45, 7) is 0.851. The van der Waals surface area contributed by atoms with Gasteiger partial charge in [0.2, 0.25) is 0 Å². The highest BCUT2D eigenvalue weighted by molar-refractivity contribution is 5.42. The summed E-state index contributed by atoms with van der Waals surface area (Å²) in [6.07, 6.45) is 1.84. The Bertz CT molecular complexity index is 252. The van der Waals surface area contributed by atoms with Crippen molar-refractivity contribution in [2.75, 3.05) is 26.0 Å². The van der Waals surface area contributed by atoms with E-state index in [9.17, 15) is 0 Å². The maximum atomic E-state index is 4.28. The Morgan fingerprint density at radius 2 is 2.25 bits per heavy atom. The average molecular weight is 168 g/mol. The fourth-order valence-electron chi connectivity index (χ4n) is 1.19. The molecule has 1 rings (SSSR count). The molecule has 12 heavy (non-hydrogen) atoms. The fraction of sp³-hybridized carbons (Fsp3) is 0.625. The van der Waals surface area contributed by atoms with E-state index in [1.807, 2.05) is 44.0 Å². The molecule has 0 aromatic carbocycles. The van der Waals surface area contributed by atoms with E-state index in [-0.39, 0.29) is 0 Å². The summed E-state index contributed by atoms with van der Waals surface area (Å²) in [7, 11) is 7.95. The molecule has 1 N–H and O–H groups in total. The zero-order valence-electron chi connectivity index (χ0n) is 8.13. The first kappa shape index (κ1) is 9.06. The molecule has 0 unspecified atom stereocenters. The van der Waals surface area contributed by atoms with Crippen LogP contribution in [0.15, 0.2) is 6.33 Å². The van der Waals surface area contributed by atoms with Gasteiger partial charge in [-0.1, -0.05) is 0 Å². The second kappa shape index (κ2) is 3.58. The van der Waals surface area contributed by atoms with Crippen molar-refractivity contribution in [2.24, 2.45) is 7.05 Å². The summed E-state index contributed by atoms with van der Waals surface area (Å²) < 4.78 is 2.03. The van der Waals surface area contributed by atoms with Gasteiger partial charge < -0.3 is 14.8 Å². The van der Waals surface area contributed by atoms with Gasteiger partial charge in [-0.05, 0) is 7.05 Å². The van der Waals surface area contributed by atoms with Crippen molar-refractivity contribution in [1.29, 1.82) is 0 Å². The van der Waals surface area contributed by atoms with E-state index < -0.39 is 0 Å². The highest BCUT2D eigenvalue weighted by Crippen LogP contribution is 2.14. The quantitative estimate of drug-likeness (QED) is 0.700. The van der Waals surface area contributed by atoms with Crippen LogP contribution in [0.1, 0.15) is 5.69 Å². The van der Waals surface area contributed by atoms with Gasteiger partial charge in [-0.3, -0.25) is 0 Å². The van der Waals surface area contributed by atoms with Crippen LogP contribution in [0.3, 0.4) is 0 Å². The lowest BCUT2D eigenvalue weighted by atomic mass is 10.4. The maximum absolute atomic E-state index is 4.28. The smallest absolute Gasteiger partial charge is 0.150 e. The van der Waals surface area contributed by atoms with Crippen LogP contribution in [0.2, 0.25) is 0 Å². The number of hydrogen-bond donors (Lipinski definition) is 1. The third-order valence-corrected chi connectivity index (χ3v) is 1.80. The number of imidazole rings is 1. The summed E-state index contributed by atoms with van der Waals surface area (Å²) in [5, 5.41) is 3.12. The molecule has 0 saturated heterocycles. The van der Waals surface area contributed by atoms with Crippen LogP contribution in [0.5, 0.6) is 0 Å². The number of aryl methyl sites for hydroxylation is 1. The van der Waals surface area contributed by atoms with Crippen LogP contribution in [-0.4, -0.2) is 30.7 Å². The first-order valence-electron chi connectivity index (χ1n) is 3.99. The van der Waals surface area contributed by atoms with Crippen LogP contribution < -0.4 is 10.2 Å². The Hall–Kier alpha value is -1.03. The Morgan fingerprint density at radius 1 is 1.58 bits per heavy atom. The van der Waals surface area contributed by atoms with E-state index in [2.05, 4.69) is 10.3 Å². The minimum absolute atomic E-state index is 0.851. The summed E-state index contributed by atoms with van der Waals surface area (Å²) in [6, 6.07) is 0. The van der Waals surface area contributed by atoms with Crippen molar-refractivity contribution in [3.63, 3.8) is 0 Å². The van der Waals surface area contributed by atoms with E-state index >= 15 is 0 Å². The van der Waals surface area contributed by atoms with Gasteiger partial charge in [0.1, 0.15) is 0 Å². The van der Waals surface area contributed by atoms with Gasteiger partial charge >= 0.3 is 0 Å². The third kappa shape index (κ3) is 1.58. The van der Waals surface area contributed by atoms with E-state index in [0.29, 0.717) is 0 Å². The van der Waals surface area contributed by atoms with Crippen molar-refractivity contribution in [3.8, 4) is 0 Å². The van der Waals surface area contributed by atoms with E-state index in [0.717, 1.165) is 12.4 Å². The van der Waals surface area contributed by atoms with Gasteiger partial charge in [0.15, 0.2) is 5.82 Å². The standard InChI is InChI=1S/C8H16N4/c1-9-5-7-8(11(2)3)10-6-12(7)4/h6,9H,5H2,1-4H3. The van der Waals surface area contributed by atoms with Gasteiger partial charge in [-0.2, -0.15) is 0 Å². The molecule has 0 aliphatic carbocycles. The topological polar surface area (TPSA) is 33.1 Å². The molecule has 4 heteroatoms. The Balaban J connectivity index is 2.95. The monoisotopic (exact) mass is 168 g/mol. The van der Waals surface area contributed by atoms with E-state index in [1.165, 1.54) is 5.69 Å². The molecule has 1 aromatic heterocycles. The minimum atomic E-state index is 0.851. The maximum Gasteiger partial charge on any atom is 0.150 e. The molecule has 0 radical (unpaired) electrons. The lowest BCUT2D eigenvalue weighted by Gasteiger charge is -2.12. The summed E-state index contributed by atoms with van der Waals surface area (Å²) >= 11 is 0. The number of nitrogens with zero attached hydrogens (tertiary/aromatic N) is 3. The number of nitrogens with one attached hydrogen (secondary N) is 1. The number of rotatable bonds is 3. The van der Waals surface area contributed by atoms with Gasteiger partial charge in [0.05, 0.1) is 12.0 Å². The summed E-state index contributed by atoms with van der Waals surface area (Å²) in [5.41, 5.74) is 1.21. The van der Waals surface area contributed by atoms with Crippen molar-refractivity contribution >= 4 is 5.82 Å². The van der Waals surface area contributed by atoms with Crippen molar-refractivity contribution < 1.29 is 0 Å². The van der Waals surface area contributed by atoms with Gasteiger partial charge in [-0.25, -0.2) is 4.98 Å². The first-order valence-corrected chi connectivity index (χ1v) is 3.99. The lowest BCUT2D eigenvalue weighted by molar-refractivity contribution is 0.732. The first-order chi connectivity index (χ1) is 5.66. The van der Waals surface area contributed by atoms with Crippen molar-refractivity contribution in [2.45, 2.75) is 6.54 Å². The molecule has 68 valence electrons. The van der Waals surface area contributed by atoms with Crippen molar-refractivity contribution in [3.05, 3.63) is 12.0 Å². The number of hydrogen-bond acceptors (Lipinski definition) is 3. The van der Waals surface area contributed by atoms with Gasteiger partial charge in [-0.15, -0.1) is 0 Å². The highest BCUT2D eigenvalue weighted by atomic mass is 15.2. The molecule has 0 saturated carbocycles. The lowest BCUT2D eigenvalue weighted by Crippen LogP contribution is -2.16. The largest absolute Gasteiger partial charge is 0.361 e. The molecule has 0 amide bonds. The number of anilines is 1. The fourth-order valence-corrected chi connectivity index (χ4v) is 1.19. The summed E-state index contributed by atoms with van der Waals surface area (Å²) in [4.78, 5) is 6.30. The Morgan fingerprint density at radius 3 is 2.75 bits per heavy atom. The van der Waals surface area contributed by atoms with Gasteiger partial charge in [0.25, 0.3) is 0 Å². The molecule has 1 aromatic rings. The molecule has 4 nitrogen and oxygen atoms in total. The minimum Gasteiger partial charge on any atom is -0.361 e. The van der Waals surface area contributed by atoms with Crippen LogP contribution in [0.4, 0.5) is 5.82 Å². The normalized spacial score (nSPS) is 10.3. The highest BCUT2D eigenvalue weighted by Gasteiger charge is 2.08. The van der Waals surface area contributed by atoms with E-state index in [1.54, 1.807) is 0 Å². The average Bonchev–Trinajstić information content (AvgIpc) is 2.34. The van der Waals surface area contributed by atoms with Gasteiger partial charge in [0, 0.05) is 27.7 Å². The second-order valence-electron chi connectivity index (χ2n) is 3.05.